The molecule has 0 radical (unpaired) electrons. The Morgan fingerprint density at radius 3 is 2.37 bits per heavy atom. The quantitative estimate of drug-likeness (QED) is 0.861. The van der Waals surface area contributed by atoms with Crippen molar-refractivity contribution in [1.82, 2.24) is 4.98 Å². The van der Waals surface area contributed by atoms with E-state index in [2.05, 4.69) is 4.98 Å². The minimum atomic E-state index is -4.34. The molecule has 1 saturated carbocycles. The van der Waals surface area contributed by atoms with Crippen LogP contribution in [0.3, 0.4) is 0 Å². The third kappa shape index (κ3) is 3.26. The van der Waals surface area contributed by atoms with Crippen LogP contribution in [0.2, 0.25) is 0 Å². The lowest BCUT2D eigenvalue weighted by Crippen LogP contribution is -2.25. The SMILES string of the molecule is O=C(O)c1cccnc1N1C[C@H]2C[C@H](c3ccccc3C(F)(F)F)C[C@H]2C1. The molecular formula is C20H19F3N2O2. The Morgan fingerprint density at radius 2 is 1.74 bits per heavy atom. The summed E-state index contributed by atoms with van der Waals surface area (Å²) in [6.07, 6.45) is -1.41. The second kappa shape index (κ2) is 6.55. The number of carboxylic acid groups (broad SMARTS) is 1. The number of rotatable bonds is 3. The van der Waals surface area contributed by atoms with Gasteiger partial charge in [0.25, 0.3) is 0 Å². The van der Waals surface area contributed by atoms with Crippen molar-refractivity contribution < 1.29 is 23.1 Å². The molecule has 2 heterocycles. The maximum absolute atomic E-state index is 13.3. The zero-order valence-electron chi connectivity index (χ0n) is 14.5. The number of fused-ring (bicyclic) bond motifs is 1. The highest BCUT2D eigenvalue weighted by molar-refractivity contribution is 5.93. The van der Waals surface area contributed by atoms with Crippen LogP contribution in [0.4, 0.5) is 19.0 Å². The van der Waals surface area contributed by atoms with Gasteiger partial charge in [0.05, 0.1) is 5.56 Å². The minimum absolute atomic E-state index is 0.109. The summed E-state index contributed by atoms with van der Waals surface area (Å²) in [5.41, 5.74) is 0.0103. The van der Waals surface area contributed by atoms with Crippen LogP contribution < -0.4 is 4.90 Å². The van der Waals surface area contributed by atoms with Crippen LogP contribution in [0.5, 0.6) is 0 Å². The predicted molar refractivity (Wildman–Crippen MR) is 93.8 cm³/mol. The highest BCUT2D eigenvalue weighted by Crippen LogP contribution is 2.49. The lowest BCUT2D eigenvalue weighted by Gasteiger charge is -2.23. The predicted octanol–water partition coefficient (Wildman–Crippen LogP) is 4.43. The molecule has 0 amide bonds. The first-order valence-corrected chi connectivity index (χ1v) is 8.94. The fourth-order valence-electron chi connectivity index (χ4n) is 4.65. The Balaban J connectivity index is 1.53. The largest absolute Gasteiger partial charge is 0.478 e. The fraction of sp³-hybridized carbons (Fsp3) is 0.400. The average molecular weight is 376 g/mol. The average Bonchev–Trinajstić information content (AvgIpc) is 3.20. The number of hydrogen-bond donors (Lipinski definition) is 1. The summed E-state index contributed by atoms with van der Waals surface area (Å²) < 4.78 is 40.0. The van der Waals surface area contributed by atoms with Crippen LogP contribution in [-0.4, -0.2) is 29.1 Å². The molecule has 4 rings (SSSR count). The molecule has 4 nitrogen and oxygen atoms in total. The molecular weight excluding hydrogens is 357 g/mol. The van der Waals surface area contributed by atoms with Gasteiger partial charge in [0.1, 0.15) is 11.4 Å². The van der Waals surface area contributed by atoms with Gasteiger partial charge in [-0.1, -0.05) is 18.2 Å². The van der Waals surface area contributed by atoms with E-state index in [0.717, 1.165) is 6.07 Å². The van der Waals surface area contributed by atoms with E-state index < -0.39 is 17.7 Å². The van der Waals surface area contributed by atoms with Crippen molar-refractivity contribution >= 4 is 11.8 Å². The topological polar surface area (TPSA) is 53.4 Å². The van der Waals surface area contributed by atoms with E-state index in [-0.39, 0.29) is 23.3 Å². The molecule has 2 aliphatic rings. The lowest BCUT2D eigenvalue weighted by molar-refractivity contribution is -0.138. The van der Waals surface area contributed by atoms with Gasteiger partial charge in [0.2, 0.25) is 0 Å². The van der Waals surface area contributed by atoms with Gasteiger partial charge in [-0.3, -0.25) is 0 Å². The van der Waals surface area contributed by atoms with Gasteiger partial charge >= 0.3 is 12.1 Å². The maximum atomic E-state index is 13.3. The number of aromatic carboxylic acids is 1. The van der Waals surface area contributed by atoms with Crippen molar-refractivity contribution in [1.29, 1.82) is 0 Å². The lowest BCUT2D eigenvalue weighted by atomic mass is 9.91. The molecule has 1 aromatic heterocycles. The summed E-state index contributed by atoms with van der Waals surface area (Å²) in [6, 6.07) is 8.96. The summed E-state index contributed by atoms with van der Waals surface area (Å²) in [4.78, 5) is 17.6. The molecule has 1 saturated heterocycles. The van der Waals surface area contributed by atoms with E-state index >= 15 is 0 Å². The van der Waals surface area contributed by atoms with Gasteiger partial charge in [-0.15, -0.1) is 0 Å². The van der Waals surface area contributed by atoms with Crippen LogP contribution in [0.25, 0.3) is 0 Å². The van der Waals surface area contributed by atoms with Gasteiger partial charge in [-0.25, -0.2) is 9.78 Å². The fourth-order valence-corrected chi connectivity index (χ4v) is 4.65. The third-order valence-corrected chi connectivity index (χ3v) is 5.77. The van der Waals surface area contributed by atoms with Crippen LogP contribution in [0.15, 0.2) is 42.6 Å². The van der Waals surface area contributed by atoms with Gasteiger partial charge < -0.3 is 10.0 Å². The van der Waals surface area contributed by atoms with Crippen molar-refractivity contribution in [3.8, 4) is 0 Å². The Bertz CT molecular complexity index is 854. The first-order valence-electron chi connectivity index (χ1n) is 8.94. The molecule has 1 aromatic carbocycles. The number of benzene rings is 1. The summed E-state index contributed by atoms with van der Waals surface area (Å²) in [7, 11) is 0. The standard InChI is InChI=1S/C20H19F3N2O2/c21-20(22,23)17-6-2-1-4-15(17)12-8-13-10-25(11-14(13)9-12)18-16(19(26)27)5-3-7-24-18/h1-7,12-14H,8-11H2,(H,26,27)/t12-,13+,14-. The zero-order valence-corrected chi connectivity index (χ0v) is 14.5. The molecule has 142 valence electrons. The monoisotopic (exact) mass is 376 g/mol. The number of aromatic nitrogens is 1. The normalized spacial score (nSPS) is 24.9. The van der Waals surface area contributed by atoms with Gasteiger partial charge in [-0.05, 0) is 54.4 Å². The molecule has 1 aliphatic carbocycles. The highest BCUT2D eigenvalue weighted by atomic mass is 19.4. The Morgan fingerprint density at radius 1 is 1.07 bits per heavy atom. The summed E-state index contributed by atoms with van der Waals surface area (Å²) >= 11 is 0. The van der Waals surface area contributed by atoms with Gasteiger partial charge in [0.15, 0.2) is 0 Å². The van der Waals surface area contributed by atoms with E-state index in [1.54, 1.807) is 24.4 Å². The van der Waals surface area contributed by atoms with Crippen molar-refractivity contribution in [2.75, 3.05) is 18.0 Å². The van der Waals surface area contributed by atoms with Crippen LogP contribution in [-0.2, 0) is 6.18 Å². The number of pyridine rings is 1. The van der Waals surface area contributed by atoms with Crippen molar-refractivity contribution in [3.05, 3.63) is 59.3 Å². The highest BCUT2D eigenvalue weighted by Gasteiger charge is 2.44. The second-order valence-corrected chi connectivity index (χ2v) is 7.36. The first kappa shape index (κ1) is 17.8. The van der Waals surface area contributed by atoms with Crippen LogP contribution in [0.1, 0.15) is 40.2 Å². The smallest absolute Gasteiger partial charge is 0.416 e. The first-order chi connectivity index (χ1) is 12.8. The van der Waals surface area contributed by atoms with Crippen molar-refractivity contribution in [3.63, 3.8) is 0 Å². The zero-order chi connectivity index (χ0) is 19.2. The molecule has 1 aliphatic heterocycles. The number of nitrogens with zero attached hydrogens (tertiary/aromatic N) is 2. The number of carbonyl (C=O) groups is 1. The Kier molecular flexibility index (Phi) is 4.32. The number of carboxylic acids is 1. The number of hydrogen-bond acceptors (Lipinski definition) is 3. The molecule has 2 fully saturated rings. The molecule has 0 bridgehead atoms. The third-order valence-electron chi connectivity index (χ3n) is 5.77. The van der Waals surface area contributed by atoms with Gasteiger partial charge in [0, 0.05) is 19.3 Å². The second-order valence-electron chi connectivity index (χ2n) is 7.36. The number of halogens is 3. The summed E-state index contributed by atoms with van der Waals surface area (Å²) in [6.45, 7) is 1.26. The van der Waals surface area contributed by atoms with E-state index in [1.807, 2.05) is 4.90 Å². The van der Waals surface area contributed by atoms with E-state index in [4.69, 9.17) is 0 Å². The molecule has 2 aromatic rings. The van der Waals surface area contributed by atoms with E-state index in [9.17, 15) is 23.1 Å². The van der Waals surface area contributed by atoms with Gasteiger partial charge in [-0.2, -0.15) is 13.2 Å². The molecule has 0 spiro atoms. The molecule has 0 unspecified atom stereocenters. The van der Waals surface area contributed by atoms with Crippen LogP contribution >= 0.6 is 0 Å². The summed E-state index contributed by atoms with van der Waals surface area (Å²) in [5, 5.41) is 9.35. The Hall–Kier alpha value is -2.57. The van der Waals surface area contributed by atoms with E-state index in [1.165, 1.54) is 12.1 Å². The van der Waals surface area contributed by atoms with Crippen LogP contribution in [0, 0.1) is 11.8 Å². The number of alkyl halides is 3. The molecule has 3 atom stereocenters. The van der Waals surface area contributed by atoms with Crippen molar-refractivity contribution in [2.45, 2.75) is 24.9 Å². The molecule has 1 N–H and O–H groups in total. The Labute approximate surface area is 154 Å². The van der Waals surface area contributed by atoms with E-state index in [0.29, 0.717) is 37.3 Å². The maximum Gasteiger partial charge on any atom is 0.416 e. The summed E-state index contributed by atoms with van der Waals surface area (Å²) in [5.74, 6) is -0.179. The molecule has 7 heteroatoms. The number of anilines is 1. The molecule has 27 heavy (non-hydrogen) atoms. The minimum Gasteiger partial charge on any atom is -0.478 e. The van der Waals surface area contributed by atoms with Crippen molar-refractivity contribution in [2.24, 2.45) is 11.8 Å².